The summed E-state index contributed by atoms with van der Waals surface area (Å²) < 4.78 is 0. The fourth-order valence-electron chi connectivity index (χ4n) is 2.36. The van der Waals surface area contributed by atoms with Crippen LogP contribution in [-0.2, 0) is 22.6 Å². The van der Waals surface area contributed by atoms with Crippen molar-refractivity contribution in [3.05, 3.63) is 35.4 Å². The van der Waals surface area contributed by atoms with E-state index in [1.54, 1.807) is 4.90 Å². The summed E-state index contributed by atoms with van der Waals surface area (Å²) in [6, 6.07) is 8.08. The van der Waals surface area contributed by atoms with Crippen molar-refractivity contribution in [2.24, 2.45) is 5.92 Å². The molecule has 0 radical (unpaired) electrons. The van der Waals surface area contributed by atoms with Crippen LogP contribution in [0.5, 0.6) is 0 Å². The molecule has 1 aliphatic rings. The summed E-state index contributed by atoms with van der Waals surface area (Å²) >= 11 is 0. The monoisotopic (exact) mass is 274 g/mol. The minimum absolute atomic E-state index is 0.414. The summed E-state index contributed by atoms with van der Waals surface area (Å²) in [6.45, 7) is 5.90. The number of nitrogens with one attached hydrogen (secondary N) is 1. The third-order valence-electron chi connectivity index (χ3n) is 3.62. The van der Waals surface area contributed by atoms with Crippen molar-refractivity contribution in [1.82, 2.24) is 10.2 Å². The lowest BCUT2D eigenvalue weighted by molar-refractivity contribution is -0.146. The average molecular weight is 274 g/mol. The van der Waals surface area contributed by atoms with Crippen LogP contribution < -0.4 is 5.32 Å². The lowest BCUT2D eigenvalue weighted by Crippen LogP contribution is -2.45. The van der Waals surface area contributed by atoms with Gasteiger partial charge in [0.15, 0.2) is 0 Å². The van der Waals surface area contributed by atoms with Crippen LogP contribution in [0.1, 0.15) is 31.4 Å². The number of nitrogens with zero attached hydrogens (tertiary/aromatic N) is 1. The number of hydrogen-bond acceptors (Lipinski definition) is 2. The molecule has 1 aromatic rings. The number of carbonyl (C=O) groups excluding carboxylic acids is 2. The van der Waals surface area contributed by atoms with Crippen molar-refractivity contribution in [3.8, 4) is 0 Å². The Morgan fingerprint density at radius 3 is 2.65 bits per heavy atom. The van der Waals surface area contributed by atoms with Crippen molar-refractivity contribution < 1.29 is 9.59 Å². The molecule has 2 amide bonds. The predicted molar refractivity (Wildman–Crippen MR) is 78.0 cm³/mol. The van der Waals surface area contributed by atoms with Gasteiger partial charge in [-0.1, -0.05) is 38.1 Å². The van der Waals surface area contributed by atoms with Crippen molar-refractivity contribution in [2.75, 3.05) is 13.1 Å². The largest absolute Gasteiger partial charge is 0.348 e. The van der Waals surface area contributed by atoms with E-state index in [9.17, 15) is 9.59 Å². The van der Waals surface area contributed by atoms with E-state index in [4.69, 9.17) is 0 Å². The topological polar surface area (TPSA) is 49.4 Å². The first-order valence-corrected chi connectivity index (χ1v) is 7.22. The lowest BCUT2D eigenvalue weighted by atomic mass is 10.00. The SMILES string of the molecule is CC(C)CCNC(=O)C(=O)N1CCc2ccccc2C1. The molecule has 108 valence electrons. The van der Waals surface area contributed by atoms with Crippen LogP contribution in [0.4, 0.5) is 0 Å². The molecule has 0 atom stereocenters. The molecule has 20 heavy (non-hydrogen) atoms. The molecule has 1 aromatic carbocycles. The second-order valence-electron chi connectivity index (χ2n) is 5.68. The molecule has 0 bridgehead atoms. The van der Waals surface area contributed by atoms with Crippen LogP contribution >= 0.6 is 0 Å². The minimum Gasteiger partial charge on any atom is -0.348 e. The quantitative estimate of drug-likeness (QED) is 0.853. The maximum Gasteiger partial charge on any atom is 0.312 e. The zero-order valence-electron chi connectivity index (χ0n) is 12.2. The minimum atomic E-state index is -0.481. The zero-order valence-corrected chi connectivity index (χ0v) is 12.2. The highest BCUT2D eigenvalue weighted by Crippen LogP contribution is 2.18. The summed E-state index contributed by atoms with van der Waals surface area (Å²) in [4.78, 5) is 25.6. The molecule has 0 unspecified atom stereocenters. The molecular formula is C16H22N2O2. The molecule has 1 aliphatic heterocycles. The van der Waals surface area contributed by atoms with Crippen molar-refractivity contribution in [2.45, 2.75) is 33.2 Å². The molecule has 0 spiro atoms. The Labute approximate surface area is 120 Å². The van der Waals surface area contributed by atoms with E-state index in [2.05, 4.69) is 25.2 Å². The van der Waals surface area contributed by atoms with Gasteiger partial charge in [0.25, 0.3) is 0 Å². The molecular weight excluding hydrogens is 252 g/mol. The molecule has 1 N–H and O–H groups in total. The van der Waals surface area contributed by atoms with Gasteiger partial charge in [-0.15, -0.1) is 0 Å². The van der Waals surface area contributed by atoms with E-state index < -0.39 is 11.8 Å². The number of benzene rings is 1. The van der Waals surface area contributed by atoms with Crippen LogP contribution in [0.25, 0.3) is 0 Å². The molecule has 4 nitrogen and oxygen atoms in total. The van der Waals surface area contributed by atoms with E-state index in [1.807, 2.05) is 18.2 Å². The molecule has 0 saturated carbocycles. The number of hydrogen-bond donors (Lipinski definition) is 1. The molecule has 0 aromatic heterocycles. The molecule has 4 heteroatoms. The maximum atomic E-state index is 12.1. The number of fused-ring (bicyclic) bond motifs is 1. The Hall–Kier alpha value is -1.84. The average Bonchev–Trinajstić information content (AvgIpc) is 2.45. The molecule has 0 saturated heterocycles. The molecule has 2 rings (SSSR count). The fourth-order valence-corrected chi connectivity index (χ4v) is 2.36. The Morgan fingerprint density at radius 2 is 1.95 bits per heavy atom. The molecule has 0 fully saturated rings. The van der Waals surface area contributed by atoms with Crippen LogP contribution in [0, 0.1) is 5.92 Å². The van der Waals surface area contributed by atoms with Crippen LogP contribution in [-0.4, -0.2) is 29.8 Å². The van der Waals surface area contributed by atoms with Gasteiger partial charge in [0, 0.05) is 19.6 Å². The lowest BCUT2D eigenvalue weighted by Gasteiger charge is -2.28. The zero-order chi connectivity index (χ0) is 14.5. The van der Waals surface area contributed by atoms with Gasteiger partial charge in [-0.05, 0) is 29.9 Å². The fraction of sp³-hybridized carbons (Fsp3) is 0.500. The standard InChI is InChI=1S/C16H22N2O2/c1-12(2)7-9-17-15(19)16(20)18-10-8-13-5-3-4-6-14(13)11-18/h3-6,12H,7-11H2,1-2H3,(H,17,19). The highest BCUT2D eigenvalue weighted by atomic mass is 16.2. The van der Waals surface area contributed by atoms with E-state index in [1.165, 1.54) is 5.56 Å². The molecule has 1 heterocycles. The van der Waals surface area contributed by atoms with Gasteiger partial charge in [-0.3, -0.25) is 9.59 Å². The summed E-state index contributed by atoms with van der Waals surface area (Å²) in [5.41, 5.74) is 2.42. The van der Waals surface area contributed by atoms with E-state index in [0.29, 0.717) is 25.6 Å². The van der Waals surface area contributed by atoms with Crippen molar-refractivity contribution in [1.29, 1.82) is 0 Å². The molecule has 0 aliphatic carbocycles. The first kappa shape index (κ1) is 14.6. The Morgan fingerprint density at radius 1 is 1.25 bits per heavy atom. The Bertz CT molecular complexity index is 497. The number of carbonyl (C=O) groups is 2. The second-order valence-corrected chi connectivity index (χ2v) is 5.68. The van der Waals surface area contributed by atoms with Crippen LogP contribution in [0.2, 0.25) is 0 Å². The smallest absolute Gasteiger partial charge is 0.312 e. The Balaban J connectivity index is 1.89. The summed E-state index contributed by atoms with van der Waals surface area (Å²) in [7, 11) is 0. The first-order valence-electron chi connectivity index (χ1n) is 7.22. The van der Waals surface area contributed by atoms with Crippen molar-refractivity contribution in [3.63, 3.8) is 0 Å². The summed E-state index contributed by atoms with van der Waals surface area (Å²) in [6.07, 6.45) is 1.71. The van der Waals surface area contributed by atoms with Gasteiger partial charge < -0.3 is 10.2 Å². The first-order chi connectivity index (χ1) is 9.58. The third kappa shape index (κ3) is 3.59. The Kier molecular flexibility index (Phi) is 4.77. The van der Waals surface area contributed by atoms with E-state index in [-0.39, 0.29) is 0 Å². The number of rotatable bonds is 3. The highest BCUT2D eigenvalue weighted by molar-refractivity contribution is 6.35. The van der Waals surface area contributed by atoms with E-state index >= 15 is 0 Å². The second kappa shape index (κ2) is 6.55. The van der Waals surface area contributed by atoms with Gasteiger partial charge in [-0.25, -0.2) is 0 Å². The highest BCUT2D eigenvalue weighted by Gasteiger charge is 2.25. The van der Waals surface area contributed by atoms with Gasteiger partial charge in [-0.2, -0.15) is 0 Å². The van der Waals surface area contributed by atoms with Crippen LogP contribution in [0.3, 0.4) is 0 Å². The van der Waals surface area contributed by atoms with Gasteiger partial charge in [0.05, 0.1) is 0 Å². The van der Waals surface area contributed by atoms with Crippen LogP contribution in [0.15, 0.2) is 24.3 Å². The number of amides is 2. The van der Waals surface area contributed by atoms with Crippen molar-refractivity contribution >= 4 is 11.8 Å². The van der Waals surface area contributed by atoms with Gasteiger partial charge >= 0.3 is 11.8 Å². The maximum absolute atomic E-state index is 12.1. The van der Waals surface area contributed by atoms with Gasteiger partial charge in [0.1, 0.15) is 0 Å². The van der Waals surface area contributed by atoms with E-state index in [0.717, 1.165) is 18.4 Å². The summed E-state index contributed by atoms with van der Waals surface area (Å²) in [5.74, 6) is -0.374. The summed E-state index contributed by atoms with van der Waals surface area (Å²) in [5, 5.41) is 2.70. The predicted octanol–water partition coefficient (Wildman–Crippen LogP) is 1.73. The van der Waals surface area contributed by atoms with Gasteiger partial charge in [0.2, 0.25) is 0 Å². The normalized spacial score (nSPS) is 14.1. The third-order valence-corrected chi connectivity index (χ3v) is 3.62.